The average molecular weight is 215 g/mol. The molecule has 0 aliphatic rings. The third-order valence-corrected chi connectivity index (χ3v) is 2.84. The van der Waals surface area contributed by atoms with Crippen molar-refractivity contribution in [2.75, 3.05) is 5.73 Å². The summed E-state index contributed by atoms with van der Waals surface area (Å²) in [6.07, 6.45) is 2.79. The van der Waals surface area contributed by atoms with Crippen LogP contribution < -0.4 is 5.73 Å². The Morgan fingerprint density at radius 1 is 1.25 bits per heavy atom. The summed E-state index contributed by atoms with van der Waals surface area (Å²) in [4.78, 5) is 0. The molecular formula is C13H17N3. The third-order valence-electron chi connectivity index (χ3n) is 2.84. The van der Waals surface area contributed by atoms with Gasteiger partial charge in [0.15, 0.2) is 0 Å². The van der Waals surface area contributed by atoms with Gasteiger partial charge in [-0.25, -0.2) is 0 Å². The lowest BCUT2D eigenvalue weighted by molar-refractivity contribution is 0.667. The molecule has 84 valence electrons. The topological polar surface area (TPSA) is 43.8 Å². The average Bonchev–Trinajstić information content (AvgIpc) is 2.78. The lowest BCUT2D eigenvalue weighted by Crippen LogP contribution is -2.00. The van der Waals surface area contributed by atoms with E-state index in [-0.39, 0.29) is 0 Å². The van der Waals surface area contributed by atoms with Crippen LogP contribution in [0.1, 0.15) is 19.4 Å². The molecular weight excluding hydrogens is 198 g/mol. The van der Waals surface area contributed by atoms with Crippen molar-refractivity contribution in [2.45, 2.75) is 26.8 Å². The SMILES string of the molecule is CCc1cc(-c2ccnn2CC)ccc1N. The quantitative estimate of drug-likeness (QED) is 0.800. The molecule has 1 heterocycles. The van der Waals surface area contributed by atoms with E-state index in [4.69, 9.17) is 5.73 Å². The molecule has 0 spiro atoms. The van der Waals surface area contributed by atoms with Gasteiger partial charge in [-0.1, -0.05) is 13.0 Å². The molecule has 0 amide bonds. The highest BCUT2D eigenvalue weighted by atomic mass is 15.3. The van der Waals surface area contributed by atoms with E-state index in [1.807, 2.05) is 23.0 Å². The van der Waals surface area contributed by atoms with Crippen LogP contribution in [0.2, 0.25) is 0 Å². The van der Waals surface area contributed by atoms with E-state index >= 15 is 0 Å². The van der Waals surface area contributed by atoms with Gasteiger partial charge in [-0.3, -0.25) is 4.68 Å². The number of hydrogen-bond acceptors (Lipinski definition) is 2. The van der Waals surface area contributed by atoms with Gasteiger partial charge < -0.3 is 5.73 Å². The zero-order valence-corrected chi connectivity index (χ0v) is 9.77. The van der Waals surface area contributed by atoms with Crippen LogP contribution in [0.5, 0.6) is 0 Å². The zero-order valence-electron chi connectivity index (χ0n) is 9.77. The molecule has 3 nitrogen and oxygen atoms in total. The first-order chi connectivity index (χ1) is 7.76. The minimum Gasteiger partial charge on any atom is -0.399 e. The number of rotatable bonds is 3. The molecule has 0 saturated carbocycles. The molecule has 0 aliphatic heterocycles. The van der Waals surface area contributed by atoms with Crippen LogP contribution >= 0.6 is 0 Å². The Hall–Kier alpha value is -1.77. The van der Waals surface area contributed by atoms with Crippen molar-refractivity contribution in [1.82, 2.24) is 9.78 Å². The molecule has 0 aliphatic carbocycles. The molecule has 0 fully saturated rings. The highest BCUT2D eigenvalue weighted by molar-refractivity contribution is 5.65. The summed E-state index contributed by atoms with van der Waals surface area (Å²) in [6.45, 7) is 5.09. The summed E-state index contributed by atoms with van der Waals surface area (Å²) in [5.41, 5.74) is 10.3. The number of anilines is 1. The van der Waals surface area contributed by atoms with Gasteiger partial charge in [0, 0.05) is 24.0 Å². The maximum atomic E-state index is 5.90. The molecule has 2 N–H and O–H groups in total. The van der Waals surface area contributed by atoms with Gasteiger partial charge in [0.2, 0.25) is 0 Å². The van der Waals surface area contributed by atoms with E-state index in [9.17, 15) is 0 Å². The standard InChI is InChI=1S/C13H17N3/c1-3-10-9-11(5-6-12(10)14)13-7-8-15-16(13)4-2/h5-9H,3-4,14H2,1-2H3. The molecule has 1 aromatic heterocycles. The molecule has 16 heavy (non-hydrogen) atoms. The Bertz CT molecular complexity index is 486. The first-order valence-corrected chi connectivity index (χ1v) is 5.66. The molecule has 0 radical (unpaired) electrons. The van der Waals surface area contributed by atoms with Crippen LogP contribution in [-0.2, 0) is 13.0 Å². The van der Waals surface area contributed by atoms with Crippen LogP contribution in [0.25, 0.3) is 11.3 Å². The predicted octanol–water partition coefficient (Wildman–Crippen LogP) is 2.71. The van der Waals surface area contributed by atoms with Crippen molar-refractivity contribution in [2.24, 2.45) is 0 Å². The molecule has 0 atom stereocenters. The van der Waals surface area contributed by atoms with Crippen molar-refractivity contribution < 1.29 is 0 Å². The number of aryl methyl sites for hydroxylation is 2. The van der Waals surface area contributed by atoms with Crippen LogP contribution in [0.3, 0.4) is 0 Å². The van der Waals surface area contributed by atoms with Gasteiger partial charge in [0.25, 0.3) is 0 Å². The maximum absolute atomic E-state index is 5.90. The summed E-state index contributed by atoms with van der Waals surface area (Å²) in [6, 6.07) is 8.21. The Balaban J connectivity index is 2.48. The van der Waals surface area contributed by atoms with Crippen molar-refractivity contribution in [1.29, 1.82) is 0 Å². The Morgan fingerprint density at radius 3 is 2.75 bits per heavy atom. The summed E-state index contributed by atoms with van der Waals surface area (Å²) in [7, 11) is 0. The normalized spacial score (nSPS) is 10.6. The lowest BCUT2D eigenvalue weighted by atomic mass is 10.0. The van der Waals surface area contributed by atoms with E-state index in [1.165, 1.54) is 11.1 Å². The highest BCUT2D eigenvalue weighted by Gasteiger charge is 2.06. The molecule has 2 rings (SSSR count). The largest absolute Gasteiger partial charge is 0.399 e. The number of nitrogens with zero attached hydrogens (tertiary/aromatic N) is 2. The molecule has 0 unspecified atom stereocenters. The highest BCUT2D eigenvalue weighted by Crippen LogP contribution is 2.23. The van der Waals surface area contributed by atoms with E-state index in [1.54, 1.807) is 0 Å². The van der Waals surface area contributed by atoms with Crippen LogP contribution in [0, 0.1) is 0 Å². The van der Waals surface area contributed by atoms with E-state index < -0.39 is 0 Å². The van der Waals surface area contributed by atoms with Crippen LogP contribution in [0.4, 0.5) is 5.69 Å². The summed E-state index contributed by atoms with van der Waals surface area (Å²) in [5, 5.41) is 4.27. The van der Waals surface area contributed by atoms with Gasteiger partial charge in [-0.2, -0.15) is 5.10 Å². The number of benzene rings is 1. The Kier molecular flexibility index (Phi) is 2.95. The summed E-state index contributed by atoms with van der Waals surface area (Å²) in [5.74, 6) is 0. The molecule has 0 bridgehead atoms. The fraction of sp³-hybridized carbons (Fsp3) is 0.308. The van der Waals surface area contributed by atoms with Gasteiger partial charge in [-0.05, 0) is 37.1 Å². The third kappa shape index (κ3) is 1.81. The second-order valence-corrected chi connectivity index (χ2v) is 3.80. The van der Waals surface area contributed by atoms with Crippen LogP contribution in [0.15, 0.2) is 30.5 Å². The molecule has 1 aromatic carbocycles. The zero-order chi connectivity index (χ0) is 11.5. The van der Waals surface area contributed by atoms with Crippen molar-refractivity contribution in [3.8, 4) is 11.3 Å². The number of nitrogens with two attached hydrogens (primary N) is 1. The van der Waals surface area contributed by atoms with E-state index in [0.717, 1.165) is 24.3 Å². The second-order valence-electron chi connectivity index (χ2n) is 3.80. The van der Waals surface area contributed by atoms with Gasteiger partial charge in [0.05, 0.1) is 5.69 Å². The summed E-state index contributed by atoms with van der Waals surface area (Å²) < 4.78 is 1.99. The number of nitrogen functional groups attached to an aromatic ring is 1. The predicted molar refractivity (Wildman–Crippen MR) is 67.1 cm³/mol. The van der Waals surface area contributed by atoms with E-state index in [2.05, 4.69) is 31.1 Å². The summed E-state index contributed by atoms with van der Waals surface area (Å²) >= 11 is 0. The second kappa shape index (κ2) is 4.39. The van der Waals surface area contributed by atoms with Gasteiger partial charge in [-0.15, -0.1) is 0 Å². The lowest BCUT2D eigenvalue weighted by Gasteiger charge is -2.08. The smallest absolute Gasteiger partial charge is 0.0682 e. The van der Waals surface area contributed by atoms with Crippen LogP contribution in [-0.4, -0.2) is 9.78 Å². The molecule has 2 aromatic rings. The van der Waals surface area contributed by atoms with Crippen molar-refractivity contribution in [3.05, 3.63) is 36.0 Å². The van der Waals surface area contributed by atoms with Crippen molar-refractivity contribution >= 4 is 5.69 Å². The van der Waals surface area contributed by atoms with Gasteiger partial charge >= 0.3 is 0 Å². The first-order valence-electron chi connectivity index (χ1n) is 5.66. The number of aromatic nitrogens is 2. The Morgan fingerprint density at radius 2 is 2.06 bits per heavy atom. The fourth-order valence-corrected chi connectivity index (χ4v) is 1.90. The van der Waals surface area contributed by atoms with Gasteiger partial charge in [0.1, 0.15) is 0 Å². The fourth-order valence-electron chi connectivity index (χ4n) is 1.90. The monoisotopic (exact) mass is 215 g/mol. The minimum atomic E-state index is 0.869. The minimum absolute atomic E-state index is 0.869. The molecule has 0 saturated heterocycles. The maximum Gasteiger partial charge on any atom is 0.0682 e. The number of hydrogen-bond donors (Lipinski definition) is 1. The molecule has 3 heteroatoms. The Labute approximate surface area is 95.9 Å². The van der Waals surface area contributed by atoms with Crippen molar-refractivity contribution in [3.63, 3.8) is 0 Å². The van der Waals surface area contributed by atoms with E-state index in [0.29, 0.717) is 0 Å². The first kappa shape index (κ1) is 10.7.